The molecule has 0 saturated carbocycles. The number of hydrogen-bond donors (Lipinski definition) is 1. The molecule has 3 rings (SSSR count). The minimum atomic E-state index is -0.0535. The SMILES string of the molecule is CC(C)n1c(SCC(=O)Nc2ccccc2)nnc1-c1cccs1. The number of rotatable bonds is 6. The van der Waals surface area contributed by atoms with Crippen molar-refractivity contribution in [1.82, 2.24) is 14.8 Å². The summed E-state index contributed by atoms with van der Waals surface area (Å²) in [4.78, 5) is 13.2. The summed E-state index contributed by atoms with van der Waals surface area (Å²) in [6.45, 7) is 4.18. The van der Waals surface area contributed by atoms with Gasteiger partial charge in [0.15, 0.2) is 11.0 Å². The monoisotopic (exact) mass is 358 g/mol. The topological polar surface area (TPSA) is 59.8 Å². The summed E-state index contributed by atoms with van der Waals surface area (Å²) in [6.07, 6.45) is 0. The van der Waals surface area contributed by atoms with Crippen molar-refractivity contribution in [2.24, 2.45) is 0 Å². The van der Waals surface area contributed by atoms with Crippen LogP contribution in [-0.4, -0.2) is 26.4 Å². The zero-order valence-electron chi connectivity index (χ0n) is 13.5. The number of hydrogen-bond acceptors (Lipinski definition) is 5. The van der Waals surface area contributed by atoms with E-state index in [0.717, 1.165) is 21.5 Å². The van der Waals surface area contributed by atoms with Crippen LogP contribution in [0.4, 0.5) is 5.69 Å². The molecule has 1 amide bonds. The van der Waals surface area contributed by atoms with Crippen LogP contribution >= 0.6 is 23.1 Å². The van der Waals surface area contributed by atoms with Crippen LogP contribution in [0.1, 0.15) is 19.9 Å². The van der Waals surface area contributed by atoms with Crippen LogP contribution in [0.5, 0.6) is 0 Å². The molecule has 0 aliphatic heterocycles. The molecule has 2 aromatic heterocycles. The zero-order chi connectivity index (χ0) is 16.9. The van der Waals surface area contributed by atoms with E-state index >= 15 is 0 Å². The van der Waals surface area contributed by atoms with Crippen LogP contribution in [0, 0.1) is 0 Å². The van der Waals surface area contributed by atoms with Crippen molar-refractivity contribution in [3.8, 4) is 10.7 Å². The number of carbonyl (C=O) groups excluding carboxylic acids is 1. The number of carbonyl (C=O) groups is 1. The number of nitrogens with one attached hydrogen (secondary N) is 1. The summed E-state index contributed by atoms with van der Waals surface area (Å²) in [6, 6.07) is 13.7. The van der Waals surface area contributed by atoms with Crippen LogP contribution in [0.2, 0.25) is 0 Å². The summed E-state index contributed by atoms with van der Waals surface area (Å²) in [5, 5.41) is 14.3. The van der Waals surface area contributed by atoms with E-state index in [0.29, 0.717) is 5.75 Å². The van der Waals surface area contributed by atoms with E-state index in [-0.39, 0.29) is 11.9 Å². The van der Waals surface area contributed by atoms with Crippen molar-refractivity contribution in [1.29, 1.82) is 0 Å². The Hall–Kier alpha value is -2.12. The van der Waals surface area contributed by atoms with Gasteiger partial charge >= 0.3 is 0 Å². The molecule has 0 aliphatic carbocycles. The van der Waals surface area contributed by atoms with Gasteiger partial charge in [0.25, 0.3) is 0 Å². The summed E-state index contributed by atoms with van der Waals surface area (Å²) in [5.74, 6) is 1.10. The molecule has 0 radical (unpaired) electrons. The molecular weight excluding hydrogens is 340 g/mol. The Kier molecular flexibility index (Phi) is 5.32. The average Bonchev–Trinajstić information content (AvgIpc) is 3.23. The van der Waals surface area contributed by atoms with E-state index in [2.05, 4.69) is 33.9 Å². The van der Waals surface area contributed by atoms with Gasteiger partial charge < -0.3 is 5.32 Å². The first-order chi connectivity index (χ1) is 11.6. The second-order valence-corrected chi connectivity index (χ2v) is 7.34. The van der Waals surface area contributed by atoms with Crippen LogP contribution in [0.15, 0.2) is 53.0 Å². The molecule has 124 valence electrons. The minimum Gasteiger partial charge on any atom is -0.325 e. The summed E-state index contributed by atoms with van der Waals surface area (Å²) < 4.78 is 2.08. The molecule has 0 bridgehead atoms. The Morgan fingerprint density at radius 1 is 1.21 bits per heavy atom. The molecule has 3 aromatic rings. The summed E-state index contributed by atoms with van der Waals surface area (Å²) in [7, 11) is 0. The van der Waals surface area contributed by atoms with E-state index in [1.54, 1.807) is 11.3 Å². The molecule has 0 spiro atoms. The number of anilines is 1. The normalized spacial score (nSPS) is 11.0. The Bertz CT molecular complexity index is 797. The fraction of sp³-hybridized carbons (Fsp3) is 0.235. The number of aromatic nitrogens is 3. The average molecular weight is 358 g/mol. The summed E-state index contributed by atoms with van der Waals surface area (Å²) in [5.41, 5.74) is 0.799. The van der Waals surface area contributed by atoms with Gasteiger partial charge in [-0.2, -0.15) is 0 Å². The second-order valence-electron chi connectivity index (χ2n) is 5.45. The lowest BCUT2D eigenvalue weighted by Crippen LogP contribution is -2.14. The molecule has 0 fully saturated rings. The lowest BCUT2D eigenvalue weighted by atomic mass is 10.3. The molecule has 5 nitrogen and oxygen atoms in total. The number of para-hydroxylation sites is 1. The molecule has 0 aliphatic rings. The van der Waals surface area contributed by atoms with Crippen LogP contribution < -0.4 is 5.32 Å². The molecule has 0 atom stereocenters. The second kappa shape index (κ2) is 7.63. The predicted molar refractivity (Wildman–Crippen MR) is 99.5 cm³/mol. The van der Waals surface area contributed by atoms with E-state index < -0.39 is 0 Å². The van der Waals surface area contributed by atoms with Crippen molar-refractivity contribution in [3.05, 3.63) is 47.8 Å². The lowest BCUT2D eigenvalue weighted by molar-refractivity contribution is -0.113. The van der Waals surface area contributed by atoms with Gasteiger partial charge in [-0.25, -0.2) is 0 Å². The standard InChI is InChI=1S/C17H18N4OS2/c1-12(2)21-16(14-9-6-10-23-14)19-20-17(21)24-11-15(22)18-13-7-4-3-5-8-13/h3-10,12H,11H2,1-2H3,(H,18,22). The fourth-order valence-electron chi connectivity index (χ4n) is 2.26. The highest BCUT2D eigenvalue weighted by Gasteiger charge is 2.18. The maximum atomic E-state index is 12.1. The number of nitrogens with zero attached hydrogens (tertiary/aromatic N) is 3. The quantitative estimate of drug-likeness (QED) is 0.667. The Morgan fingerprint density at radius 2 is 2.00 bits per heavy atom. The molecule has 0 unspecified atom stereocenters. The third-order valence-electron chi connectivity index (χ3n) is 3.31. The van der Waals surface area contributed by atoms with Gasteiger partial charge in [0.2, 0.25) is 5.91 Å². The number of thiophene rings is 1. The van der Waals surface area contributed by atoms with E-state index in [4.69, 9.17) is 0 Å². The highest BCUT2D eigenvalue weighted by atomic mass is 32.2. The number of thioether (sulfide) groups is 1. The molecule has 0 saturated heterocycles. The van der Waals surface area contributed by atoms with Gasteiger partial charge in [-0.1, -0.05) is 36.0 Å². The van der Waals surface area contributed by atoms with Gasteiger partial charge in [0, 0.05) is 11.7 Å². The number of benzene rings is 1. The molecule has 7 heteroatoms. The Morgan fingerprint density at radius 3 is 2.67 bits per heavy atom. The molecule has 1 N–H and O–H groups in total. The van der Waals surface area contributed by atoms with Crippen molar-refractivity contribution >= 4 is 34.7 Å². The molecular formula is C17H18N4OS2. The van der Waals surface area contributed by atoms with Gasteiger partial charge in [0.1, 0.15) is 0 Å². The van der Waals surface area contributed by atoms with Crippen LogP contribution in [0.3, 0.4) is 0 Å². The van der Waals surface area contributed by atoms with E-state index in [1.165, 1.54) is 11.8 Å². The Balaban J connectivity index is 1.70. The molecule has 1 aromatic carbocycles. The third kappa shape index (κ3) is 3.85. The first-order valence-corrected chi connectivity index (χ1v) is 9.48. The van der Waals surface area contributed by atoms with Crippen LogP contribution in [0.25, 0.3) is 10.7 Å². The van der Waals surface area contributed by atoms with E-state index in [1.807, 2.05) is 47.8 Å². The third-order valence-corrected chi connectivity index (χ3v) is 5.12. The fourth-order valence-corrected chi connectivity index (χ4v) is 3.84. The lowest BCUT2D eigenvalue weighted by Gasteiger charge is -2.12. The first-order valence-electron chi connectivity index (χ1n) is 7.61. The molecule has 24 heavy (non-hydrogen) atoms. The first kappa shape index (κ1) is 16.7. The summed E-state index contributed by atoms with van der Waals surface area (Å²) >= 11 is 3.04. The smallest absolute Gasteiger partial charge is 0.234 e. The minimum absolute atomic E-state index is 0.0535. The van der Waals surface area contributed by atoms with Crippen LogP contribution in [-0.2, 0) is 4.79 Å². The highest BCUT2D eigenvalue weighted by molar-refractivity contribution is 7.99. The van der Waals surface area contributed by atoms with Crippen molar-refractivity contribution in [2.45, 2.75) is 25.0 Å². The van der Waals surface area contributed by atoms with Gasteiger partial charge in [-0.15, -0.1) is 21.5 Å². The van der Waals surface area contributed by atoms with Gasteiger partial charge in [-0.3, -0.25) is 9.36 Å². The number of amides is 1. The highest BCUT2D eigenvalue weighted by Crippen LogP contribution is 2.30. The zero-order valence-corrected chi connectivity index (χ0v) is 15.1. The van der Waals surface area contributed by atoms with Crippen molar-refractivity contribution in [3.63, 3.8) is 0 Å². The van der Waals surface area contributed by atoms with Gasteiger partial charge in [0.05, 0.1) is 10.6 Å². The maximum Gasteiger partial charge on any atom is 0.234 e. The van der Waals surface area contributed by atoms with Crippen molar-refractivity contribution < 1.29 is 4.79 Å². The predicted octanol–water partition coefficient (Wildman–Crippen LogP) is 4.32. The Labute approximate surface area is 149 Å². The van der Waals surface area contributed by atoms with Crippen molar-refractivity contribution in [2.75, 3.05) is 11.1 Å². The molecule has 2 heterocycles. The largest absolute Gasteiger partial charge is 0.325 e. The van der Waals surface area contributed by atoms with E-state index in [9.17, 15) is 4.79 Å². The maximum absolute atomic E-state index is 12.1. The van der Waals surface area contributed by atoms with Gasteiger partial charge in [-0.05, 0) is 37.4 Å².